The molecule has 3 aromatic rings. The zero-order valence-corrected chi connectivity index (χ0v) is 15.2. The Labute approximate surface area is 151 Å². The van der Waals surface area contributed by atoms with Crippen molar-refractivity contribution in [2.45, 2.75) is 33.6 Å². The average molecular weight is 351 g/mol. The first-order valence-corrected chi connectivity index (χ1v) is 8.37. The van der Waals surface area contributed by atoms with Crippen LogP contribution in [0, 0.1) is 13.8 Å². The quantitative estimate of drug-likeness (QED) is 0.715. The smallest absolute Gasteiger partial charge is 0.260 e. The molecule has 0 atom stereocenters. The van der Waals surface area contributed by atoms with Crippen molar-refractivity contribution in [3.05, 3.63) is 59.1 Å². The van der Waals surface area contributed by atoms with Crippen LogP contribution < -0.4 is 10.6 Å². The summed E-state index contributed by atoms with van der Waals surface area (Å²) in [6.45, 7) is 8.07. The molecule has 0 aliphatic carbocycles. The Hall–Kier alpha value is -3.22. The van der Waals surface area contributed by atoms with Crippen LogP contribution in [0.4, 0.5) is 17.5 Å². The monoisotopic (exact) mass is 351 g/mol. The number of aromatic nitrogens is 3. The molecule has 7 heteroatoms. The van der Waals surface area contributed by atoms with Crippen molar-refractivity contribution in [2.24, 2.45) is 0 Å². The van der Waals surface area contributed by atoms with Gasteiger partial charge in [-0.2, -0.15) is 0 Å². The molecule has 2 aromatic heterocycles. The van der Waals surface area contributed by atoms with Gasteiger partial charge in [-0.3, -0.25) is 4.79 Å². The van der Waals surface area contributed by atoms with Crippen molar-refractivity contribution in [1.82, 2.24) is 15.1 Å². The molecule has 0 saturated heterocycles. The molecule has 0 bridgehead atoms. The van der Waals surface area contributed by atoms with Gasteiger partial charge >= 0.3 is 0 Å². The maximum absolute atomic E-state index is 12.2. The third-order valence-electron chi connectivity index (χ3n) is 3.95. The van der Waals surface area contributed by atoms with Gasteiger partial charge in [-0.25, -0.2) is 9.97 Å². The number of para-hydroxylation sites is 1. The van der Waals surface area contributed by atoms with Crippen LogP contribution in [0.15, 0.2) is 41.2 Å². The normalized spacial score (nSPS) is 10.8. The van der Waals surface area contributed by atoms with E-state index in [9.17, 15) is 4.79 Å². The molecule has 0 aliphatic rings. The van der Waals surface area contributed by atoms with Crippen LogP contribution in [-0.2, 0) is 0 Å². The van der Waals surface area contributed by atoms with Gasteiger partial charge in [0.1, 0.15) is 5.76 Å². The fraction of sp³-hybridized carbons (Fsp3) is 0.263. The van der Waals surface area contributed by atoms with Crippen LogP contribution in [0.25, 0.3) is 0 Å². The minimum Gasteiger partial charge on any atom is -0.360 e. The Morgan fingerprint density at radius 2 is 1.88 bits per heavy atom. The topological polar surface area (TPSA) is 92.9 Å². The van der Waals surface area contributed by atoms with E-state index in [-0.39, 0.29) is 5.91 Å². The molecule has 1 aromatic carbocycles. The van der Waals surface area contributed by atoms with Crippen molar-refractivity contribution in [3.8, 4) is 0 Å². The molecule has 7 nitrogen and oxygen atoms in total. The van der Waals surface area contributed by atoms with Gasteiger partial charge in [0, 0.05) is 24.1 Å². The Kier molecular flexibility index (Phi) is 4.97. The van der Waals surface area contributed by atoms with Crippen LogP contribution in [0.3, 0.4) is 0 Å². The molecular formula is C19H21N5O2. The summed E-state index contributed by atoms with van der Waals surface area (Å²) in [4.78, 5) is 20.7. The highest BCUT2D eigenvalue weighted by molar-refractivity contribution is 6.03. The van der Waals surface area contributed by atoms with E-state index in [0.29, 0.717) is 29.0 Å². The number of amides is 1. The van der Waals surface area contributed by atoms with E-state index < -0.39 is 0 Å². The molecule has 0 spiro atoms. The van der Waals surface area contributed by atoms with Crippen LogP contribution >= 0.6 is 0 Å². The highest BCUT2D eigenvalue weighted by Crippen LogP contribution is 2.29. The lowest BCUT2D eigenvalue weighted by Crippen LogP contribution is -2.13. The molecule has 0 unspecified atom stereocenters. The molecular weight excluding hydrogens is 330 g/mol. The summed E-state index contributed by atoms with van der Waals surface area (Å²) in [7, 11) is 0. The molecule has 0 fully saturated rings. The first-order chi connectivity index (χ1) is 12.4. The van der Waals surface area contributed by atoms with Crippen molar-refractivity contribution >= 4 is 23.4 Å². The van der Waals surface area contributed by atoms with Gasteiger partial charge in [0.25, 0.3) is 5.91 Å². The Morgan fingerprint density at radius 3 is 2.50 bits per heavy atom. The number of nitrogens with zero attached hydrogens (tertiary/aromatic N) is 3. The SMILES string of the molecule is Cc1cc(NC(=O)c2cnc(Nc3c(C)cccc3C(C)C)nc2)no1. The number of rotatable bonds is 5. The highest BCUT2D eigenvalue weighted by Gasteiger charge is 2.13. The van der Waals surface area contributed by atoms with Crippen LogP contribution in [0.2, 0.25) is 0 Å². The number of benzene rings is 1. The number of nitrogens with one attached hydrogen (secondary N) is 2. The van der Waals surface area contributed by atoms with Gasteiger partial charge < -0.3 is 15.2 Å². The van der Waals surface area contributed by atoms with Gasteiger partial charge in [-0.1, -0.05) is 37.2 Å². The Morgan fingerprint density at radius 1 is 1.15 bits per heavy atom. The first kappa shape index (κ1) is 17.6. The van der Waals surface area contributed by atoms with Gasteiger partial charge in [0.05, 0.1) is 5.56 Å². The van der Waals surface area contributed by atoms with Crippen LogP contribution in [0.1, 0.15) is 47.0 Å². The summed E-state index contributed by atoms with van der Waals surface area (Å²) in [5.41, 5.74) is 3.64. The summed E-state index contributed by atoms with van der Waals surface area (Å²) < 4.78 is 4.92. The van der Waals surface area contributed by atoms with Crippen molar-refractivity contribution in [1.29, 1.82) is 0 Å². The summed E-state index contributed by atoms with van der Waals surface area (Å²) >= 11 is 0. The number of carbonyl (C=O) groups is 1. The van der Waals surface area contributed by atoms with Crippen LogP contribution in [0.5, 0.6) is 0 Å². The van der Waals surface area contributed by atoms with Gasteiger partial charge in [-0.15, -0.1) is 0 Å². The predicted molar refractivity (Wildman–Crippen MR) is 99.8 cm³/mol. The van der Waals surface area contributed by atoms with E-state index in [0.717, 1.165) is 11.3 Å². The molecule has 2 N–H and O–H groups in total. The van der Waals surface area contributed by atoms with E-state index in [1.165, 1.54) is 18.0 Å². The second-order valence-corrected chi connectivity index (χ2v) is 6.39. The zero-order chi connectivity index (χ0) is 18.7. The second-order valence-electron chi connectivity index (χ2n) is 6.39. The maximum Gasteiger partial charge on any atom is 0.260 e. The fourth-order valence-corrected chi connectivity index (χ4v) is 2.58. The van der Waals surface area contributed by atoms with Crippen LogP contribution in [-0.4, -0.2) is 21.0 Å². The zero-order valence-electron chi connectivity index (χ0n) is 15.2. The number of hydrogen-bond donors (Lipinski definition) is 2. The number of aryl methyl sites for hydroxylation is 2. The molecule has 1 amide bonds. The van der Waals surface area contributed by atoms with Crippen molar-refractivity contribution < 1.29 is 9.32 Å². The summed E-state index contributed by atoms with van der Waals surface area (Å²) in [6, 6.07) is 7.80. The van der Waals surface area contributed by atoms with Gasteiger partial charge in [0.2, 0.25) is 5.95 Å². The second kappa shape index (κ2) is 7.35. The van der Waals surface area contributed by atoms with Gasteiger partial charge in [-0.05, 0) is 30.9 Å². The minimum atomic E-state index is -0.344. The van der Waals surface area contributed by atoms with E-state index in [1.54, 1.807) is 13.0 Å². The molecule has 26 heavy (non-hydrogen) atoms. The molecule has 0 saturated carbocycles. The lowest BCUT2D eigenvalue weighted by Gasteiger charge is -2.16. The number of carbonyl (C=O) groups excluding carboxylic acids is 1. The Bertz CT molecular complexity index is 916. The predicted octanol–water partition coefficient (Wildman–Crippen LogP) is 4.20. The average Bonchev–Trinajstić information content (AvgIpc) is 3.02. The lowest BCUT2D eigenvalue weighted by molar-refractivity contribution is 0.102. The van der Waals surface area contributed by atoms with Gasteiger partial charge in [0.15, 0.2) is 5.82 Å². The van der Waals surface area contributed by atoms with E-state index in [4.69, 9.17) is 4.52 Å². The van der Waals surface area contributed by atoms with E-state index >= 15 is 0 Å². The van der Waals surface area contributed by atoms with Crippen molar-refractivity contribution in [2.75, 3.05) is 10.6 Å². The van der Waals surface area contributed by atoms with Crippen molar-refractivity contribution in [3.63, 3.8) is 0 Å². The summed E-state index contributed by atoms with van der Waals surface area (Å²) in [5, 5.41) is 9.63. The fourth-order valence-electron chi connectivity index (χ4n) is 2.58. The standard InChI is InChI=1S/C19H21N5O2/c1-11(2)15-7-5-6-12(3)17(15)23-19-20-9-14(10-21-19)18(25)22-16-8-13(4)26-24-16/h5-11H,1-4H3,(H,20,21,23)(H,22,24,25). The Balaban J connectivity index is 1.75. The molecule has 0 aliphatic heterocycles. The lowest BCUT2D eigenvalue weighted by atomic mass is 9.98. The summed E-state index contributed by atoms with van der Waals surface area (Å²) in [6.07, 6.45) is 2.95. The highest BCUT2D eigenvalue weighted by atomic mass is 16.5. The molecule has 134 valence electrons. The molecule has 2 heterocycles. The minimum absolute atomic E-state index is 0.338. The van der Waals surface area contributed by atoms with E-state index in [1.807, 2.05) is 19.1 Å². The third kappa shape index (κ3) is 3.88. The van der Waals surface area contributed by atoms with E-state index in [2.05, 4.69) is 45.7 Å². The maximum atomic E-state index is 12.2. The molecule has 0 radical (unpaired) electrons. The number of hydrogen-bond acceptors (Lipinski definition) is 6. The molecule has 3 rings (SSSR count). The third-order valence-corrected chi connectivity index (χ3v) is 3.95. The summed E-state index contributed by atoms with van der Waals surface area (Å²) in [5.74, 6) is 1.44. The first-order valence-electron chi connectivity index (χ1n) is 8.37. The number of anilines is 3. The largest absolute Gasteiger partial charge is 0.360 e.